The van der Waals surface area contributed by atoms with Gasteiger partial charge in [0.05, 0.1) is 12.5 Å². The summed E-state index contributed by atoms with van der Waals surface area (Å²) in [5.41, 5.74) is 0. The third kappa shape index (κ3) is 3.33. The monoisotopic (exact) mass is 178 g/mol. The zero-order chi connectivity index (χ0) is 8.74. The number of hydrogen-bond acceptors (Lipinski definition) is 3. The lowest BCUT2D eigenvalue weighted by molar-refractivity contribution is 0.228. The second kappa shape index (κ2) is 5.71. The molecule has 3 nitrogen and oxygen atoms in total. The highest BCUT2D eigenvalue weighted by Gasteiger charge is 2.32. The second-order valence-electron chi connectivity index (χ2n) is 2.68. The molecule has 0 aliphatic heterocycles. The van der Waals surface area contributed by atoms with Gasteiger partial charge in [-0.1, -0.05) is 13.3 Å². The van der Waals surface area contributed by atoms with E-state index in [2.05, 4.69) is 0 Å². The maximum absolute atomic E-state index is 9.02. The molecule has 0 bridgehead atoms. The van der Waals surface area contributed by atoms with Crippen LogP contribution in [-0.4, -0.2) is 37.6 Å². The van der Waals surface area contributed by atoms with Gasteiger partial charge in [0.25, 0.3) is 0 Å². The van der Waals surface area contributed by atoms with Gasteiger partial charge in [0, 0.05) is 6.61 Å². The maximum atomic E-state index is 9.02. The van der Waals surface area contributed by atoms with E-state index in [4.69, 9.17) is 14.6 Å². The van der Waals surface area contributed by atoms with Gasteiger partial charge in [-0.3, -0.25) is 0 Å². The Balaban J connectivity index is 3.96. The number of aliphatic hydroxyl groups excluding tert-OH is 2. The second-order valence-corrected chi connectivity index (χ2v) is 6.47. The van der Waals surface area contributed by atoms with Gasteiger partial charge in [-0.05, 0) is 13.0 Å². The van der Waals surface area contributed by atoms with Crippen molar-refractivity contribution in [2.75, 3.05) is 19.1 Å². The SMILES string of the molecule is CCC[Si](CO)(CO)OCC. The molecule has 0 spiro atoms. The first kappa shape index (κ1) is 11.1. The normalized spacial score (nSPS) is 12.0. The summed E-state index contributed by atoms with van der Waals surface area (Å²) in [5, 5.41) is 18.0. The van der Waals surface area contributed by atoms with Crippen LogP contribution in [0.3, 0.4) is 0 Å². The largest absolute Gasteiger partial charge is 0.413 e. The van der Waals surface area contributed by atoms with E-state index in [-0.39, 0.29) is 12.5 Å². The number of aliphatic hydroxyl groups is 2. The van der Waals surface area contributed by atoms with Crippen LogP contribution < -0.4 is 0 Å². The van der Waals surface area contributed by atoms with Crippen molar-refractivity contribution >= 4 is 8.32 Å². The molecule has 2 N–H and O–H groups in total. The minimum Gasteiger partial charge on any atom is -0.413 e. The van der Waals surface area contributed by atoms with Gasteiger partial charge in [0.2, 0.25) is 8.32 Å². The molecule has 4 heteroatoms. The van der Waals surface area contributed by atoms with E-state index in [1.54, 1.807) is 0 Å². The van der Waals surface area contributed by atoms with Crippen LogP contribution in [-0.2, 0) is 4.43 Å². The van der Waals surface area contributed by atoms with E-state index < -0.39 is 8.32 Å². The van der Waals surface area contributed by atoms with Crippen molar-refractivity contribution in [3.63, 3.8) is 0 Å². The molecule has 0 aromatic rings. The lowest BCUT2D eigenvalue weighted by atomic mass is 10.6. The fourth-order valence-corrected chi connectivity index (χ4v) is 3.40. The molecular weight excluding hydrogens is 160 g/mol. The Kier molecular flexibility index (Phi) is 5.76. The van der Waals surface area contributed by atoms with Crippen LogP contribution in [0, 0.1) is 0 Å². The van der Waals surface area contributed by atoms with E-state index in [0.29, 0.717) is 6.61 Å². The minimum absolute atomic E-state index is 0.0329. The summed E-state index contributed by atoms with van der Waals surface area (Å²) in [6.45, 7) is 4.52. The summed E-state index contributed by atoms with van der Waals surface area (Å²) in [5.74, 6) is 0. The van der Waals surface area contributed by atoms with Crippen LogP contribution >= 0.6 is 0 Å². The predicted octanol–water partition coefficient (Wildman–Crippen LogP) is 0.441. The number of rotatable bonds is 6. The van der Waals surface area contributed by atoms with Crippen molar-refractivity contribution in [2.45, 2.75) is 26.3 Å². The summed E-state index contributed by atoms with van der Waals surface area (Å²) in [4.78, 5) is 0. The van der Waals surface area contributed by atoms with Gasteiger partial charge in [-0.25, -0.2) is 0 Å². The smallest absolute Gasteiger partial charge is 0.242 e. The molecular formula is C7H18O3Si. The zero-order valence-electron chi connectivity index (χ0n) is 7.34. The highest BCUT2D eigenvalue weighted by atomic mass is 28.4. The molecule has 0 aliphatic carbocycles. The van der Waals surface area contributed by atoms with Crippen molar-refractivity contribution in [1.82, 2.24) is 0 Å². The van der Waals surface area contributed by atoms with Crippen molar-refractivity contribution in [3.05, 3.63) is 0 Å². The maximum Gasteiger partial charge on any atom is 0.242 e. The topological polar surface area (TPSA) is 49.7 Å². The lowest BCUT2D eigenvalue weighted by Gasteiger charge is -2.25. The molecule has 0 saturated carbocycles. The van der Waals surface area contributed by atoms with Crippen LogP contribution in [0.15, 0.2) is 0 Å². The number of hydrogen-bond donors (Lipinski definition) is 2. The Morgan fingerprint density at radius 1 is 1.18 bits per heavy atom. The fourth-order valence-electron chi connectivity index (χ4n) is 1.13. The Morgan fingerprint density at radius 3 is 2.00 bits per heavy atom. The summed E-state index contributed by atoms with van der Waals surface area (Å²) in [6, 6.07) is 0.841. The van der Waals surface area contributed by atoms with Gasteiger partial charge in [0.15, 0.2) is 0 Å². The van der Waals surface area contributed by atoms with Crippen LogP contribution in [0.5, 0.6) is 0 Å². The minimum atomic E-state index is -2.13. The van der Waals surface area contributed by atoms with E-state index in [1.165, 1.54) is 0 Å². The molecule has 0 amide bonds. The van der Waals surface area contributed by atoms with Gasteiger partial charge >= 0.3 is 0 Å². The van der Waals surface area contributed by atoms with Crippen LogP contribution in [0.1, 0.15) is 20.3 Å². The summed E-state index contributed by atoms with van der Waals surface area (Å²) in [7, 11) is -2.13. The van der Waals surface area contributed by atoms with Crippen molar-refractivity contribution in [1.29, 1.82) is 0 Å². The first-order chi connectivity index (χ1) is 5.24. The molecule has 0 aromatic heterocycles. The van der Waals surface area contributed by atoms with Gasteiger partial charge < -0.3 is 14.6 Å². The van der Waals surface area contributed by atoms with E-state index >= 15 is 0 Å². The summed E-state index contributed by atoms with van der Waals surface area (Å²) < 4.78 is 5.41. The average Bonchev–Trinajstić information content (AvgIpc) is 2.04. The molecule has 0 fully saturated rings. The molecule has 0 rings (SSSR count). The van der Waals surface area contributed by atoms with Crippen LogP contribution in [0.4, 0.5) is 0 Å². The first-order valence-electron chi connectivity index (χ1n) is 4.10. The molecule has 0 aliphatic rings. The Morgan fingerprint density at radius 2 is 1.73 bits per heavy atom. The zero-order valence-corrected chi connectivity index (χ0v) is 8.34. The first-order valence-corrected chi connectivity index (χ1v) is 6.63. The van der Waals surface area contributed by atoms with E-state index in [9.17, 15) is 0 Å². The summed E-state index contributed by atoms with van der Waals surface area (Å²) >= 11 is 0. The molecule has 0 aromatic carbocycles. The van der Waals surface area contributed by atoms with Crippen molar-refractivity contribution < 1.29 is 14.6 Å². The average molecular weight is 178 g/mol. The standard InChI is InChI=1S/C7H18O3Si/c1-3-5-11(6-8,7-9)10-4-2/h8-9H,3-7H2,1-2H3. The Labute approximate surface area is 69.1 Å². The molecule has 0 heterocycles. The quantitative estimate of drug-likeness (QED) is 0.580. The predicted molar refractivity (Wildman–Crippen MR) is 46.6 cm³/mol. The highest BCUT2D eigenvalue weighted by molar-refractivity contribution is 6.73. The molecule has 0 saturated heterocycles. The molecule has 0 radical (unpaired) electrons. The van der Waals surface area contributed by atoms with Crippen molar-refractivity contribution in [2.24, 2.45) is 0 Å². The fraction of sp³-hybridized carbons (Fsp3) is 1.00. The highest BCUT2D eigenvalue weighted by Crippen LogP contribution is 2.12. The van der Waals surface area contributed by atoms with E-state index in [1.807, 2.05) is 13.8 Å². The van der Waals surface area contributed by atoms with Crippen LogP contribution in [0.25, 0.3) is 0 Å². The Hall–Kier alpha value is 0.0969. The summed E-state index contributed by atoms with van der Waals surface area (Å²) in [6.07, 6.45) is 1.03. The van der Waals surface area contributed by atoms with Gasteiger partial charge in [-0.15, -0.1) is 0 Å². The van der Waals surface area contributed by atoms with Crippen molar-refractivity contribution in [3.8, 4) is 0 Å². The molecule has 11 heavy (non-hydrogen) atoms. The third-order valence-corrected chi connectivity index (χ3v) is 5.20. The molecule has 68 valence electrons. The Bertz CT molecular complexity index is 85.7. The third-order valence-electron chi connectivity index (χ3n) is 1.73. The van der Waals surface area contributed by atoms with E-state index in [0.717, 1.165) is 12.5 Å². The molecule has 0 unspecified atom stereocenters. The lowest BCUT2D eigenvalue weighted by Crippen LogP contribution is -2.47. The van der Waals surface area contributed by atoms with Gasteiger partial charge in [0.1, 0.15) is 0 Å². The van der Waals surface area contributed by atoms with Gasteiger partial charge in [-0.2, -0.15) is 0 Å². The van der Waals surface area contributed by atoms with Crippen LogP contribution in [0.2, 0.25) is 6.04 Å². The molecule has 0 atom stereocenters.